The van der Waals surface area contributed by atoms with Gasteiger partial charge in [-0.25, -0.2) is 0 Å². The molecule has 1 aromatic heterocycles. The van der Waals surface area contributed by atoms with Crippen molar-refractivity contribution < 1.29 is 0 Å². The topological polar surface area (TPSA) is 24.9 Å². The maximum absolute atomic E-state index is 4.18. The van der Waals surface area contributed by atoms with E-state index in [2.05, 4.69) is 48.4 Å². The molecule has 1 N–H and O–H groups in total. The van der Waals surface area contributed by atoms with Crippen LogP contribution < -0.4 is 5.32 Å². The second kappa shape index (κ2) is 5.78. The Kier molecular flexibility index (Phi) is 4.10. The van der Waals surface area contributed by atoms with E-state index in [1.165, 1.54) is 29.2 Å². The molecule has 90 valence electrons. The Hall–Kier alpha value is -1.41. The zero-order chi connectivity index (χ0) is 12.1. The van der Waals surface area contributed by atoms with Gasteiger partial charge in [0.05, 0.1) is 0 Å². The summed E-state index contributed by atoms with van der Waals surface area (Å²) in [6.07, 6.45) is 6.18. The molecule has 1 atom stereocenters. The molecular formula is C15H20N2. The van der Waals surface area contributed by atoms with Crippen LogP contribution in [0.4, 0.5) is 0 Å². The lowest BCUT2D eigenvalue weighted by Gasteiger charge is -2.19. The predicted octanol–water partition coefficient (Wildman–Crippen LogP) is 3.69. The Morgan fingerprint density at radius 2 is 2.12 bits per heavy atom. The molecule has 0 saturated carbocycles. The van der Waals surface area contributed by atoms with Crippen LogP contribution in [0.5, 0.6) is 0 Å². The second-order valence-corrected chi connectivity index (χ2v) is 4.34. The summed E-state index contributed by atoms with van der Waals surface area (Å²) in [6, 6.07) is 9.05. The Labute approximate surface area is 103 Å². The number of fused-ring (bicyclic) bond motifs is 1. The molecule has 0 aliphatic rings. The normalized spacial score (nSPS) is 12.8. The molecule has 0 bridgehead atoms. The van der Waals surface area contributed by atoms with Crippen LogP contribution in [0.3, 0.4) is 0 Å². The van der Waals surface area contributed by atoms with Crippen molar-refractivity contribution in [1.82, 2.24) is 10.3 Å². The summed E-state index contributed by atoms with van der Waals surface area (Å²) in [6.45, 7) is 5.40. The largest absolute Gasteiger partial charge is 0.310 e. The first-order valence-electron chi connectivity index (χ1n) is 6.42. The van der Waals surface area contributed by atoms with Crippen molar-refractivity contribution in [3.8, 4) is 0 Å². The zero-order valence-electron chi connectivity index (χ0n) is 10.6. The minimum atomic E-state index is 0.455. The van der Waals surface area contributed by atoms with Gasteiger partial charge in [-0.3, -0.25) is 4.98 Å². The fraction of sp³-hybridized carbons (Fsp3) is 0.400. The number of hydrogen-bond donors (Lipinski definition) is 1. The van der Waals surface area contributed by atoms with E-state index in [0.29, 0.717) is 6.04 Å². The number of pyridine rings is 1. The molecule has 1 aromatic carbocycles. The molecule has 2 heteroatoms. The number of rotatable bonds is 5. The van der Waals surface area contributed by atoms with E-state index in [9.17, 15) is 0 Å². The molecule has 2 rings (SSSR count). The summed E-state index contributed by atoms with van der Waals surface area (Å²) < 4.78 is 0. The molecule has 1 unspecified atom stereocenters. The van der Waals surface area contributed by atoms with Crippen LogP contribution in [0, 0.1) is 0 Å². The molecule has 0 aliphatic carbocycles. The van der Waals surface area contributed by atoms with E-state index in [1.807, 2.05) is 12.4 Å². The van der Waals surface area contributed by atoms with Crippen LogP contribution >= 0.6 is 0 Å². The summed E-state index contributed by atoms with van der Waals surface area (Å²) in [5.74, 6) is 0. The highest BCUT2D eigenvalue weighted by atomic mass is 14.9. The van der Waals surface area contributed by atoms with Gasteiger partial charge in [0.2, 0.25) is 0 Å². The first-order chi connectivity index (χ1) is 8.36. The van der Waals surface area contributed by atoms with E-state index in [-0.39, 0.29) is 0 Å². The molecule has 1 heterocycles. The summed E-state index contributed by atoms with van der Waals surface area (Å²) >= 11 is 0. The van der Waals surface area contributed by atoms with E-state index in [0.717, 1.165) is 6.54 Å². The highest BCUT2D eigenvalue weighted by Gasteiger charge is 2.11. The summed E-state index contributed by atoms with van der Waals surface area (Å²) in [4.78, 5) is 4.18. The van der Waals surface area contributed by atoms with Gasteiger partial charge < -0.3 is 5.32 Å². The van der Waals surface area contributed by atoms with Crippen LogP contribution in [-0.4, -0.2) is 11.5 Å². The smallest absolute Gasteiger partial charge is 0.0346 e. The van der Waals surface area contributed by atoms with Gasteiger partial charge in [-0.05, 0) is 30.0 Å². The Morgan fingerprint density at radius 3 is 2.88 bits per heavy atom. The van der Waals surface area contributed by atoms with Gasteiger partial charge in [0.15, 0.2) is 0 Å². The van der Waals surface area contributed by atoms with Crippen molar-refractivity contribution in [2.75, 3.05) is 6.54 Å². The molecule has 0 aliphatic heterocycles. The number of nitrogens with zero attached hydrogens (tertiary/aromatic N) is 1. The van der Waals surface area contributed by atoms with Crippen LogP contribution in [0.15, 0.2) is 36.7 Å². The standard InChI is InChI=1S/C15H20N2/c1-3-6-15(17-4-2)14-8-5-7-12-11-16-10-9-13(12)14/h5,7-11,15,17H,3-4,6H2,1-2H3. The number of nitrogens with one attached hydrogen (secondary N) is 1. The quantitative estimate of drug-likeness (QED) is 0.844. The summed E-state index contributed by atoms with van der Waals surface area (Å²) in [5, 5.41) is 6.12. The van der Waals surface area contributed by atoms with Crippen LogP contribution in [0.25, 0.3) is 10.8 Å². The average molecular weight is 228 g/mol. The number of hydrogen-bond acceptors (Lipinski definition) is 2. The minimum Gasteiger partial charge on any atom is -0.310 e. The van der Waals surface area contributed by atoms with Crippen LogP contribution in [-0.2, 0) is 0 Å². The highest BCUT2D eigenvalue weighted by molar-refractivity contribution is 5.85. The predicted molar refractivity (Wildman–Crippen MR) is 73.1 cm³/mol. The molecular weight excluding hydrogens is 208 g/mol. The molecule has 0 spiro atoms. The summed E-state index contributed by atoms with van der Waals surface area (Å²) in [5.41, 5.74) is 1.40. The number of aromatic nitrogens is 1. The van der Waals surface area contributed by atoms with Gasteiger partial charge in [0, 0.05) is 23.8 Å². The maximum Gasteiger partial charge on any atom is 0.0346 e. The van der Waals surface area contributed by atoms with Crippen molar-refractivity contribution >= 4 is 10.8 Å². The zero-order valence-corrected chi connectivity index (χ0v) is 10.6. The van der Waals surface area contributed by atoms with Gasteiger partial charge >= 0.3 is 0 Å². The average Bonchev–Trinajstić information content (AvgIpc) is 2.38. The number of benzene rings is 1. The molecule has 0 radical (unpaired) electrons. The fourth-order valence-corrected chi connectivity index (χ4v) is 2.35. The third kappa shape index (κ3) is 2.64. The van der Waals surface area contributed by atoms with Crippen LogP contribution in [0.2, 0.25) is 0 Å². The third-order valence-electron chi connectivity index (χ3n) is 3.12. The Balaban J connectivity index is 2.44. The van der Waals surface area contributed by atoms with Crippen molar-refractivity contribution in [3.63, 3.8) is 0 Å². The first-order valence-corrected chi connectivity index (χ1v) is 6.42. The molecule has 0 fully saturated rings. The van der Waals surface area contributed by atoms with E-state index >= 15 is 0 Å². The summed E-state index contributed by atoms with van der Waals surface area (Å²) in [7, 11) is 0. The lowest BCUT2D eigenvalue weighted by molar-refractivity contribution is 0.512. The molecule has 17 heavy (non-hydrogen) atoms. The lowest BCUT2D eigenvalue weighted by Crippen LogP contribution is -2.20. The van der Waals surface area contributed by atoms with Crippen molar-refractivity contribution in [2.45, 2.75) is 32.7 Å². The molecule has 0 saturated heterocycles. The molecule has 0 amide bonds. The van der Waals surface area contributed by atoms with Gasteiger partial charge in [0.25, 0.3) is 0 Å². The van der Waals surface area contributed by atoms with E-state index in [4.69, 9.17) is 0 Å². The van der Waals surface area contributed by atoms with Crippen molar-refractivity contribution in [3.05, 3.63) is 42.2 Å². The first kappa shape index (κ1) is 12.1. The monoisotopic (exact) mass is 228 g/mol. The SMILES string of the molecule is CCCC(NCC)c1cccc2cnccc12. The fourth-order valence-electron chi connectivity index (χ4n) is 2.35. The third-order valence-corrected chi connectivity index (χ3v) is 3.12. The van der Waals surface area contributed by atoms with E-state index < -0.39 is 0 Å². The Bertz CT molecular complexity index is 468. The minimum absolute atomic E-state index is 0.455. The molecule has 2 nitrogen and oxygen atoms in total. The van der Waals surface area contributed by atoms with Gasteiger partial charge in [-0.2, -0.15) is 0 Å². The van der Waals surface area contributed by atoms with E-state index in [1.54, 1.807) is 0 Å². The van der Waals surface area contributed by atoms with Crippen LogP contribution in [0.1, 0.15) is 38.3 Å². The van der Waals surface area contributed by atoms with Gasteiger partial charge in [-0.1, -0.05) is 38.5 Å². The Morgan fingerprint density at radius 1 is 1.24 bits per heavy atom. The van der Waals surface area contributed by atoms with Gasteiger partial charge in [0.1, 0.15) is 0 Å². The second-order valence-electron chi connectivity index (χ2n) is 4.34. The van der Waals surface area contributed by atoms with Crippen molar-refractivity contribution in [1.29, 1.82) is 0 Å². The molecule has 2 aromatic rings. The van der Waals surface area contributed by atoms with Gasteiger partial charge in [-0.15, -0.1) is 0 Å². The lowest BCUT2D eigenvalue weighted by atomic mass is 9.97. The maximum atomic E-state index is 4.18. The van der Waals surface area contributed by atoms with Crippen molar-refractivity contribution in [2.24, 2.45) is 0 Å². The highest BCUT2D eigenvalue weighted by Crippen LogP contribution is 2.26.